The Balaban J connectivity index is 2.35. The molecule has 104 valence electrons. The van der Waals surface area contributed by atoms with Gasteiger partial charge in [-0.15, -0.1) is 5.10 Å². The van der Waals surface area contributed by atoms with Crippen molar-refractivity contribution in [3.8, 4) is 0 Å². The SMILES string of the molecule is Cn1nnc2ccccc2c1=Nc1ccccc1[N+](=O)[O-]. The highest BCUT2D eigenvalue weighted by atomic mass is 16.6. The van der Waals surface area contributed by atoms with Crippen LogP contribution in [0.2, 0.25) is 0 Å². The predicted octanol–water partition coefficient (Wildman–Crippen LogP) is 2.11. The summed E-state index contributed by atoms with van der Waals surface area (Å²) in [6.07, 6.45) is 0. The molecule has 0 aliphatic heterocycles. The van der Waals surface area contributed by atoms with E-state index in [9.17, 15) is 10.1 Å². The van der Waals surface area contributed by atoms with E-state index in [1.807, 2.05) is 24.3 Å². The molecule has 21 heavy (non-hydrogen) atoms. The minimum atomic E-state index is -0.449. The van der Waals surface area contributed by atoms with Crippen LogP contribution in [0.4, 0.5) is 11.4 Å². The molecule has 0 aliphatic carbocycles. The lowest BCUT2D eigenvalue weighted by Crippen LogP contribution is -2.22. The summed E-state index contributed by atoms with van der Waals surface area (Å²) < 4.78 is 1.50. The van der Waals surface area contributed by atoms with Crippen LogP contribution in [0.5, 0.6) is 0 Å². The van der Waals surface area contributed by atoms with Crippen molar-refractivity contribution in [3.63, 3.8) is 0 Å². The maximum Gasteiger partial charge on any atom is 0.294 e. The maximum absolute atomic E-state index is 11.1. The van der Waals surface area contributed by atoms with Crippen molar-refractivity contribution in [3.05, 3.63) is 64.1 Å². The molecule has 3 rings (SSSR count). The van der Waals surface area contributed by atoms with E-state index in [2.05, 4.69) is 15.3 Å². The van der Waals surface area contributed by atoms with Crippen molar-refractivity contribution in [1.82, 2.24) is 15.0 Å². The smallest absolute Gasteiger partial charge is 0.258 e. The Morgan fingerprint density at radius 1 is 1.14 bits per heavy atom. The third-order valence-corrected chi connectivity index (χ3v) is 3.04. The van der Waals surface area contributed by atoms with E-state index in [1.165, 1.54) is 10.7 Å². The molecule has 7 nitrogen and oxygen atoms in total. The number of aryl methyl sites for hydroxylation is 1. The Morgan fingerprint density at radius 2 is 1.86 bits per heavy atom. The second kappa shape index (κ2) is 5.12. The van der Waals surface area contributed by atoms with Crippen molar-refractivity contribution < 1.29 is 4.92 Å². The Labute approximate surface area is 119 Å². The van der Waals surface area contributed by atoms with E-state index in [0.717, 1.165) is 5.39 Å². The summed E-state index contributed by atoms with van der Waals surface area (Å²) in [4.78, 5) is 15.0. The molecule has 0 unspecified atom stereocenters. The van der Waals surface area contributed by atoms with Gasteiger partial charge in [0.25, 0.3) is 5.69 Å². The van der Waals surface area contributed by atoms with Gasteiger partial charge < -0.3 is 0 Å². The van der Waals surface area contributed by atoms with E-state index in [4.69, 9.17) is 0 Å². The van der Waals surface area contributed by atoms with E-state index < -0.39 is 4.92 Å². The number of nitro benzene ring substituents is 1. The van der Waals surface area contributed by atoms with Gasteiger partial charge in [0.2, 0.25) is 0 Å². The van der Waals surface area contributed by atoms with Crippen LogP contribution in [-0.2, 0) is 7.05 Å². The molecule has 7 heteroatoms. The molecule has 0 N–H and O–H groups in total. The highest BCUT2D eigenvalue weighted by molar-refractivity contribution is 5.76. The lowest BCUT2D eigenvalue weighted by atomic mass is 10.2. The summed E-state index contributed by atoms with van der Waals surface area (Å²) in [6, 6.07) is 13.7. The first-order valence-corrected chi connectivity index (χ1v) is 6.24. The second-order valence-corrected chi connectivity index (χ2v) is 4.41. The van der Waals surface area contributed by atoms with Crippen molar-refractivity contribution in [2.24, 2.45) is 12.0 Å². The molecule has 1 aromatic heterocycles. The molecular weight excluding hydrogens is 270 g/mol. The first kappa shape index (κ1) is 12.9. The topological polar surface area (TPSA) is 86.2 Å². The second-order valence-electron chi connectivity index (χ2n) is 4.41. The summed E-state index contributed by atoms with van der Waals surface area (Å²) in [7, 11) is 1.70. The molecule has 0 saturated carbocycles. The number of nitro groups is 1. The summed E-state index contributed by atoms with van der Waals surface area (Å²) >= 11 is 0. The quantitative estimate of drug-likeness (QED) is 0.531. The summed E-state index contributed by atoms with van der Waals surface area (Å²) in [5.41, 5.74) is 1.46. The lowest BCUT2D eigenvalue weighted by Gasteiger charge is -2.02. The third-order valence-electron chi connectivity index (χ3n) is 3.04. The van der Waals surface area contributed by atoms with Crippen LogP contribution in [0, 0.1) is 10.1 Å². The normalized spacial score (nSPS) is 11.8. The maximum atomic E-state index is 11.1. The minimum Gasteiger partial charge on any atom is -0.258 e. The van der Waals surface area contributed by atoms with Crippen LogP contribution in [0.25, 0.3) is 10.9 Å². The van der Waals surface area contributed by atoms with Crippen LogP contribution in [0.15, 0.2) is 53.5 Å². The van der Waals surface area contributed by atoms with Gasteiger partial charge in [0, 0.05) is 18.5 Å². The van der Waals surface area contributed by atoms with E-state index >= 15 is 0 Å². The number of fused-ring (bicyclic) bond motifs is 1. The van der Waals surface area contributed by atoms with Gasteiger partial charge in [-0.25, -0.2) is 9.67 Å². The third kappa shape index (κ3) is 2.36. The summed E-state index contributed by atoms with van der Waals surface area (Å²) in [6.45, 7) is 0. The first-order valence-electron chi connectivity index (χ1n) is 6.24. The fourth-order valence-electron chi connectivity index (χ4n) is 2.04. The standard InChI is InChI=1S/C14H11N5O2/c1-18-14(10-6-2-3-7-11(10)16-17-18)15-12-8-4-5-9-13(12)19(20)21/h2-9H,1H3. The van der Waals surface area contributed by atoms with E-state index in [0.29, 0.717) is 11.0 Å². The molecule has 0 radical (unpaired) electrons. The highest BCUT2D eigenvalue weighted by Gasteiger charge is 2.12. The van der Waals surface area contributed by atoms with Crippen LogP contribution >= 0.6 is 0 Å². The first-order chi connectivity index (χ1) is 10.2. The average molecular weight is 281 g/mol. The molecule has 1 heterocycles. The van der Waals surface area contributed by atoms with Crippen molar-refractivity contribution in [2.45, 2.75) is 0 Å². The number of hydrogen-bond acceptors (Lipinski definition) is 5. The lowest BCUT2D eigenvalue weighted by molar-refractivity contribution is -0.384. The zero-order valence-electron chi connectivity index (χ0n) is 11.2. The van der Waals surface area contributed by atoms with Crippen LogP contribution in [0.1, 0.15) is 0 Å². The molecule has 0 saturated heterocycles. The molecule has 0 atom stereocenters. The van der Waals surface area contributed by atoms with Crippen molar-refractivity contribution in [2.75, 3.05) is 0 Å². The van der Waals surface area contributed by atoms with Crippen molar-refractivity contribution in [1.29, 1.82) is 0 Å². The van der Waals surface area contributed by atoms with E-state index in [1.54, 1.807) is 25.2 Å². The number of nitrogens with zero attached hydrogens (tertiary/aromatic N) is 5. The molecule has 3 aromatic rings. The van der Waals surface area contributed by atoms with Gasteiger partial charge in [0.05, 0.1) is 10.4 Å². The largest absolute Gasteiger partial charge is 0.294 e. The van der Waals surface area contributed by atoms with Gasteiger partial charge in [-0.3, -0.25) is 10.1 Å². The zero-order chi connectivity index (χ0) is 14.8. The number of rotatable bonds is 2. The van der Waals surface area contributed by atoms with Gasteiger partial charge in [-0.1, -0.05) is 29.5 Å². The van der Waals surface area contributed by atoms with Gasteiger partial charge in [-0.2, -0.15) is 0 Å². The van der Waals surface area contributed by atoms with Gasteiger partial charge in [-0.05, 0) is 18.2 Å². The average Bonchev–Trinajstić information content (AvgIpc) is 2.50. The van der Waals surface area contributed by atoms with Crippen molar-refractivity contribution >= 4 is 22.3 Å². The van der Waals surface area contributed by atoms with Gasteiger partial charge in [0.1, 0.15) is 5.69 Å². The zero-order valence-corrected chi connectivity index (χ0v) is 11.2. The van der Waals surface area contributed by atoms with Crippen LogP contribution in [0.3, 0.4) is 0 Å². The monoisotopic (exact) mass is 281 g/mol. The Bertz CT molecular complexity index is 901. The Hall–Kier alpha value is -3.09. The highest BCUT2D eigenvalue weighted by Crippen LogP contribution is 2.25. The van der Waals surface area contributed by atoms with Crippen LogP contribution < -0.4 is 5.49 Å². The number of aromatic nitrogens is 3. The fourth-order valence-corrected chi connectivity index (χ4v) is 2.04. The Morgan fingerprint density at radius 3 is 2.67 bits per heavy atom. The van der Waals surface area contributed by atoms with Crippen LogP contribution in [-0.4, -0.2) is 19.9 Å². The predicted molar refractivity (Wildman–Crippen MR) is 76.8 cm³/mol. The Kier molecular flexibility index (Phi) is 3.15. The van der Waals surface area contributed by atoms with Gasteiger partial charge in [0.15, 0.2) is 5.49 Å². The molecular formula is C14H11N5O2. The molecule has 2 aromatic carbocycles. The molecule has 0 fully saturated rings. The molecule has 0 spiro atoms. The van der Waals surface area contributed by atoms with E-state index in [-0.39, 0.29) is 11.4 Å². The fraction of sp³-hybridized carbons (Fsp3) is 0.0714. The number of benzene rings is 2. The number of para-hydroxylation sites is 2. The van der Waals surface area contributed by atoms with Gasteiger partial charge >= 0.3 is 0 Å². The minimum absolute atomic E-state index is 0.0432. The summed E-state index contributed by atoms with van der Waals surface area (Å²) in [5, 5.41) is 19.9. The summed E-state index contributed by atoms with van der Waals surface area (Å²) in [5.74, 6) is 0. The molecule has 0 bridgehead atoms. The molecule has 0 amide bonds. The number of hydrogen-bond donors (Lipinski definition) is 0. The molecule has 0 aliphatic rings.